The zero-order chi connectivity index (χ0) is 71.8. The molecular weight excluding hydrogens is 1220 g/mol. The monoisotopic (exact) mass is 1400 g/mol. The molecule has 0 aliphatic rings. The Bertz CT molecular complexity index is 1680. The van der Waals surface area contributed by atoms with Crippen molar-refractivity contribution in [3.05, 3.63) is 24.3 Å². The van der Waals surface area contributed by atoms with Gasteiger partial charge in [0, 0.05) is 12.8 Å². The van der Waals surface area contributed by atoms with Crippen LogP contribution in [0.5, 0.6) is 0 Å². The molecule has 9 nitrogen and oxygen atoms in total. The van der Waals surface area contributed by atoms with Gasteiger partial charge in [-0.3, -0.25) is 9.59 Å². The largest absolute Gasteiger partial charge is 0.477 e. The molecular formula is C90H174NO8+. The third kappa shape index (κ3) is 82.9. The molecule has 0 amide bonds. The number of nitrogens with zero attached hydrogens (tertiary/aromatic N) is 1. The van der Waals surface area contributed by atoms with Gasteiger partial charge in [0.25, 0.3) is 6.29 Å². The van der Waals surface area contributed by atoms with Crippen molar-refractivity contribution < 1.29 is 42.9 Å². The highest BCUT2D eigenvalue weighted by atomic mass is 16.7. The predicted molar refractivity (Wildman–Crippen MR) is 429 cm³/mol. The van der Waals surface area contributed by atoms with Crippen molar-refractivity contribution in [3.8, 4) is 0 Å². The summed E-state index contributed by atoms with van der Waals surface area (Å²) < 4.78 is 23.1. The number of hydrogen-bond donors (Lipinski definition) is 1. The van der Waals surface area contributed by atoms with E-state index in [1.807, 2.05) is 21.1 Å². The van der Waals surface area contributed by atoms with E-state index < -0.39 is 18.4 Å². The van der Waals surface area contributed by atoms with E-state index in [4.69, 9.17) is 18.9 Å². The lowest BCUT2D eigenvalue weighted by Gasteiger charge is -2.25. The Morgan fingerprint density at radius 2 is 0.545 bits per heavy atom. The molecule has 0 rings (SSSR count). The predicted octanol–water partition coefficient (Wildman–Crippen LogP) is 28.8. The molecule has 2 atom stereocenters. The van der Waals surface area contributed by atoms with E-state index in [9.17, 15) is 19.5 Å². The number of rotatable bonds is 85. The maximum absolute atomic E-state index is 13.0. The third-order valence-electron chi connectivity index (χ3n) is 20.7. The second-order valence-electron chi connectivity index (χ2n) is 31.9. The number of carbonyl (C=O) groups excluding carboxylic acids is 2. The van der Waals surface area contributed by atoms with Gasteiger partial charge in [-0.2, -0.15) is 0 Å². The molecule has 0 aliphatic heterocycles. The molecule has 0 aromatic heterocycles. The Morgan fingerprint density at radius 1 is 0.303 bits per heavy atom. The van der Waals surface area contributed by atoms with Gasteiger partial charge >= 0.3 is 17.9 Å². The molecule has 586 valence electrons. The van der Waals surface area contributed by atoms with Gasteiger partial charge in [-0.1, -0.05) is 443 Å². The highest BCUT2D eigenvalue weighted by molar-refractivity contribution is 5.71. The number of quaternary nitrogens is 1. The Labute approximate surface area is 618 Å². The average molecular weight is 1400 g/mol. The fraction of sp³-hybridized carbons (Fsp3) is 0.922. The van der Waals surface area contributed by atoms with Crippen LogP contribution in [0.25, 0.3) is 0 Å². The first-order valence-corrected chi connectivity index (χ1v) is 44.5. The molecule has 0 aromatic carbocycles. The quantitative estimate of drug-likeness (QED) is 0.0211. The first-order valence-electron chi connectivity index (χ1n) is 44.5. The van der Waals surface area contributed by atoms with E-state index in [1.54, 1.807) is 0 Å². The number of allylic oxidation sites excluding steroid dienone is 4. The topological polar surface area (TPSA) is 108 Å². The first-order chi connectivity index (χ1) is 48.6. The van der Waals surface area contributed by atoms with Gasteiger partial charge in [0.15, 0.2) is 6.10 Å². The van der Waals surface area contributed by atoms with Gasteiger partial charge in [-0.25, -0.2) is 4.79 Å². The summed E-state index contributed by atoms with van der Waals surface area (Å²) in [6, 6.07) is 0. The number of ether oxygens (including phenoxy) is 4. The van der Waals surface area contributed by atoms with E-state index in [0.717, 1.165) is 44.9 Å². The van der Waals surface area contributed by atoms with Crippen LogP contribution in [-0.4, -0.2) is 87.4 Å². The van der Waals surface area contributed by atoms with Gasteiger partial charge in [-0.15, -0.1) is 0 Å². The van der Waals surface area contributed by atoms with Crippen LogP contribution in [0.4, 0.5) is 0 Å². The van der Waals surface area contributed by atoms with Crippen LogP contribution in [-0.2, 0) is 33.3 Å². The number of aliphatic carboxylic acids is 1. The molecule has 0 aromatic rings. The number of carbonyl (C=O) groups is 3. The van der Waals surface area contributed by atoms with Crippen LogP contribution in [0.2, 0.25) is 0 Å². The minimum absolute atomic E-state index is 0.173. The highest BCUT2D eigenvalue weighted by Crippen LogP contribution is 2.21. The summed E-state index contributed by atoms with van der Waals surface area (Å²) >= 11 is 0. The van der Waals surface area contributed by atoms with Gasteiger partial charge in [0.05, 0.1) is 34.4 Å². The van der Waals surface area contributed by atoms with Crippen molar-refractivity contribution in [2.75, 3.05) is 47.5 Å². The van der Waals surface area contributed by atoms with Gasteiger partial charge in [0.2, 0.25) is 0 Å². The molecule has 0 saturated heterocycles. The summed E-state index contributed by atoms with van der Waals surface area (Å²) in [5, 5.41) is 9.79. The van der Waals surface area contributed by atoms with E-state index in [-0.39, 0.29) is 38.2 Å². The Hall–Kier alpha value is -2.23. The third-order valence-corrected chi connectivity index (χ3v) is 20.7. The van der Waals surface area contributed by atoms with Crippen LogP contribution in [0.3, 0.4) is 0 Å². The molecule has 0 bridgehead atoms. The molecule has 9 heteroatoms. The van der Waals surface area contributed by atoms with Crippen LogP contribution < -0.4 is 0 Å². The zero-order valence-electron chi connectivity index (χ0n) is 67.5. The molecule has 99 heavy (non-hydrogen) atoms. The number of esters is 2. The van der Waals surface area contributed by atoms with Crippen molar-refractivity contribution in [2.45, 2.75) is 489 Å². The minimum atomic E-state index is -1.51. The summed E-state index contributed by atoms with van der Waals surface area (Å²) in [6.45, 7) is 4.97. The van der Waals surface area contributed by atoms with Gasteiger partial charge < -0.3 is 28.5 Å². The fourth-order valence-electron chi connectivity index (χ4n) is 13.9. The van der Waals surface area contributed by atoms with Crippen LogP contribution in [0, 0.1) is 0 Å². The summed E-state index contributed by atoms with van der Waals surface area (Å²) in [7, 11) is 6.01. The summed E-state index contributed by atoms with van der Waals surface area (Å²) in [5.74, 6) is -1.96. The Kier molecular flexibility index (Phi) is 79.6. The molecule has 0 heterocycles. The van der Waals surface area contributed by atoms with E-state index in [0.29, 0.717) is 17.4 Å². The molecule has 0 spiro atoms. The van der Waals surface area contributed by atoms with Crippen LogP contribution in [0.15, 0.2) is 24.3 Å². The SMILES string of the molecule is CCCCCCC/C=C\C/C=C\CCCCCCCCCCCCCCCCCCCCCCCCCCCC(=O)OC(COC(=O)CCCCCCCCCCCCCCCCCCCCCCCCCCCCCCCCCCCCCCC)COC(OCC[N+](C)(C)C)C(=O)O. The maximum Gasteiger partial charge on any atom is 0.361 e. The lowest BCUT2D eigenvalue weighted by atomic mass is 10.0. The molecule has 0 fully saturated rings. The highest BCUT2D eigenvalue weighted by Gasteiger charge is 2.25. The molecule has 1 N–H and O–H groups in total. The minimum Gasteiger partial charge on any atom is -0.477 e. The number of unbranched alkanes of at least 4 members (excludes halogenated alkanes) is 66. The summed E-state index contributed by atoms with van der Waals surface area (Å²) in [4.78, 5) is 37.8. The van der Waals surface area contributed by atoms with Crippen LogP contribution in [0.1, 0.15) is 476 Å². The Morgan fingerprint density at radius 3 is 0.798 bits per heavy atom. The van der Waals surface area contributed by atoms with E-state index in [2.05, 4.69) is 38.2 Å². The summed E-state index contributed by atoms with van der Waals surface area (Å²) in [6.07, 6.45) is 102. The zero-order valence-corrected chi connectivity index (χ0v) is 67.5. The standard InChI is InChI=1S/C90H173NO8/c1-6-8-10-12-14-16-18-20-22-24-26-28-30-32-34-36-38-40-42-44-46-48-50-52-54-56-58-60-62-64-66-68-70-72-74-76-78-80-87(92)97-84-86(85-98-90(89(94)95)96-83-82-91(3,4)5)99-88(93)81-79-77-75-73-71-69-67-65-63-61-59-57-55-53-51-49-47-45-43-41-39-37-35-33-31-29-27-25-23-21-19-17-15-13-11-9-7-2/h19,21,25,27,86,90H,6-18,20,22-24,26,28-85H2,1-5H3/p+1/b21-19-,27-25-. The first kappa shape index (κ1) is 96.8. The lowest BCUT2D eigenvalue weighted by molar-refractivity contribution is -0.870. The van der Waals surface area contributed by atoms with Crippen molar-refractivity contribution >= 4 is 17.9 Å². The van der Waals surface area contributed by atoms with Crippen molar-refractivity contribution in [2.24, 2.45) is 0 Å². The number of hydrogen-bond acceptors (Lipinski definition) is 7. The smallest absolute Gasteiger partial charge is 0.361 e. The normalized spacial score (nSPS) is 12.6. The second kappa shape index (κ2) is 81.4. The number of carboxylic acid groups (broad SMARTS) is 1. The van der Waals surface area contributed by atoms with Crippen molar-refractivity contribution in [1.82, 2.24) is 0 Å². The fourth-order valence-corrected chi connectivity index (χ4v) is 13.9. The van der Waals surface area contributed by atoms with Crippen molar-refractivity contribution in [3.63, 3.8) is 0 Å². The molecule has 0 radical (unpaired) electrons. The molecule has 0 saturated carbocycles. The number of carboxylic acids is 1. The molecule has 2 unspecified atom stereocenters. The Balaban J connectivity index is 3.89. The average Bonchev–Trinajstić information content (AvgIpc) is 2.19. The maximum atomic E-state index is 13.0. The number of likely N-dealkylation sites (N-methyl/N-ethyl adjacent to an activating group) is 1. The van der Waals surface area contributed by atoms with Crippen molar-refractivity contribution in [1.29, 1.82) is 0 Å². The summed E-state index contributed by atoms with van der Waals surface area (Å²) in [5.41, 5.74) is 0. The van der Waals surface area contributed by atoms with Gasteiger partial charge in [0.1, 0.15) is 13.2 Å². The molecule has 0 aliphatic carbocycles. The lowest BCUT2D eigenvalue weighted by Crippen LogP contribution is -2.40. The van der Waals surface area contributed by atoms with E-state index in [1.165, 1.54) is 405 Å². The van der Waals surface area contributed by atoms with Gasteiger partial charge in [-0.05, 0) is 44.9 Å². The van der Waals surface area contributed by atoms with Crippen LogP contribution >= 0.6 is 0 Å². The second-order valence-corrected chi connectivity index (χ2v) is 31.9. The van der Waals surface area contributed by atoms with E-state index >= 15 is 0 Å².